The van der Waals surface area contributed by atoms with E-state index >= 15 is 0 Å². The van der Waals surface area contributed by atoms with Crippen LogP contribution in [0.4, 0.5) is 5.82 Å². The normalized spacial score (nSPS) is 10.7. The number of carbonyl (C=O) groups excluding carboxylic acids is 1. The van der Waals surface area contributed by atoms with Crippen molar-refractivity contribution < 1.29 is 14.4 Å². The van der Waals surface area contributed by atoms with Gasteiger partial charge in [0.15, 0.2) is 5.82 Å². The van der Waals surface area contributed by atoms with Crippen LogP contribution in [0.15, 0.2) is 55.4 Å². The molecule has 0 aliphatic heterocycles. The van der Waals surface area contributed by atoms with E-state index in [-0.39, 0.29) is 5.91 Å². The Bertz CT molecular complexity index is 1020. The minimum atomic E-state index is -0.284. The van der Waals surface area contributed by atoms with Crippen molar-refractivity contribution in [2.75, 3.05) is 32.7 Å². The third-order valence-corrected chi connectivity index (χ3v) is 4.81. The van der Waals surface area contributed by atoms with Gasteiger partial charge in [0.25, 0.3) is 5.91 Å². The lowest BCUT2D eigenvalue weighted by Crippen LogP contribution is -2.29. The SMILES string of the molecule is C=CCN(Cc1ccn(C)n1)c1nn(Cc2ccc(OC)cc2)cc1C(=O)N(C)OC. The largest absolute Gasteiger partial charge is 0.497 e. The van der Waals surface area contributed by atoms with Crippen molar-refractivity contribution in [3.63, 3.8) is 0 Å². The molecule has 0 bridgehead atoms. The number of carbonyl (C=O) groups is 1. The Hall–Kier alpha value is -3.59. The average Bonchev–Trinajstić information content (AvgIpc) is 3.38. The van der Waals surface area contributed by atoms with Crippen molar-refractivity contribution in [2.45, 2.75) is 13.1 Å². The summed E-state index contributed by atoms with van der Waals surface area (Å²) in [6.45, 7) is 5.36. The van der Waals surface area contributed by atoms with E-state index in [1.165, 1.54) is 12.2 Å². The number of amides is 1. The van der Waals surface area contributed by atoms with E-state index < -0.39 is 0 Å². The molecule has 0 aliphatic carbocycles. The number of benzene rings is 1. The molecule has 0 saturated heterocycles. The van der Waals surface area contributed by atoms with E-state index in [2.05, 4.69) is 11.7 Å². The summed E-state index contributed by atoms with van der Waals surface area (Å²) >= 11 is 0. The van der Waals surface area contributed by atoms with E-state index in [1.54, 1.807) is 35.8 Å². The molecule has 3 rings (SSSR count). The van der Waals surface area contributed by atoms with Crippen LogP contribution >= 0.6 is 0 Å². The Morgan fingerprint density at radius 1 is 1.19 bits per heavy atom. The zero-order valence-electron chi connectivity index (χ0n) is 18.4. The van der Waals surface area contributed by atoms with E-state index in [0.29, 0.717) is 31.0 Å². The number of methoxy groups -OCH3 is 1. The highest BCUT2D eigenvalue weighted by Gasteiger charge is 2.24. The summed E-state index contributed by atoms with van der Waals surface area (Å²) in [6, 6.07) is 9.68. The molecular formula is C22H28N6O3. The molecule has 31 heavy (non-hydrogen) atoms. The number of anilines is 1. The van der Waals surface area contributed by atoms with E-state index in [4.69, 9.17) is 14.7 Å². The topological polar surface area (TPSA) is 77.7 Å². The second-order valence-electron chi connectivity index (χ2n) is 7.05. The lowest BCUT2D eigenvalue weighted by Gasteiger charge is -2.22. The van der Waals surface area contributed by atoms with Crippen molar-refractivity contribution in [1.82, 2.24) is 24.6 Å². The highest BCUT2D eigenvalue weighted by atomic mass is 16.7. The van der Waals surface area contributed by atoms with Gasteiger partial charge in [0.1, 0.15) is 11.3 Å². The highest BCUT2D eigenvalue weighted by Crippen LogP contribution is 2.23. The van der Waals surface area contributed by atoms with Gasteiger partial charge in [0.05, 0.1) is 33.0 Å². The average molecular weight is 425 g/mol. The maximum atomic E-state index is 13.0. The lowest BCUT2D eigenvalue weighted by molar-refractivity contribution is -0.0756. The van der Waals surface area contributed by atoms with Crippen molar-refractivity contribution >= 4 is 11.7 Å². The number of nitrogens with zero attached hydrogens (tertiary/aromatic N) is 6. The minimum absolute atomic E-state index is 0.284. The van der Waals surface area contributed by atoms with Crippen LogP contribution in [0.5, 0.6) is 5.75 Å². The number of rotatable bonds is 10. The molecule has 9 heteroatoms. The summed E-state index contributed by atoms with van der Waals surface area (Å²) in [7, 11) is 6.53. The van der Waals surface area contributed by atoms with Crippen molar-refractivity contribution in [1.29, 1.82) is 0 Å². The maximum Gasteiger partial charge on any atom is 0.282 e. The van der Waals surface area contributed by atoms with Gasteiger partial charge in [-0.1, -0.05) is 18.2 Å². The Balaban J connectivity index is 1.95. The van der Waals surface area contributed by atoms with Gasteiger partial charge in [-0.05, 0) is 23.8 Å². The third kappa shape index (κ3) is 5.32. The van der Waals surface area contributed by atoms with Gasteiger partial charge in [-0.25, -0.2) is 5.06 Å². The molecule has 164 valence electrons. The van der Waals surface area contributed by atoms with Crippen LogP contribution < -0.4 is 9.64 Å². The summed E-state index contributed by atoms with van der Waals surface area (Å²) in [6.07, 6.45) is 5.40. The molecule has 9 nitrogen and oxygen atoms in total. The smallest absolute Gasteiger partial charge is 0.282 e. The van der Waals surface area contributed by atoms with Gasteiger partial charge in [0.2, 0.25) is 0 Å². The van der Waals surface area contributed by atoms with Gasteiger partial charge in [-0.3, -0.25) is 19.0 Å². The van der Waals surface area contributed by atoms with Crippen LogP contribution in [0.1, 0.15) is 21.6 Å². The second-order valence-corrected chi connectivity index (χ2v) is 7.05. The first-order valence-corrected chi connectivity index (χ1v) is 9.82. The van der Waals surface area contributed by atoms with Gasteiger partial charge in [-0.15, -0.1) is 6.58 Å². The number of hydrogen-bond donors (Lipinski definition) is 0. The van der Waals surface area contributed by atoms with Crippen molar-refractivity contribution in [3.8, 4) is 5.75 Å². The zero-order chi connectivity index (χ0) is 22.4. The van der Waals surface area contributed by atoms with E-state index in [1.807, 2.05) is 48.5 Å². The molecule has 1 amide bonds. The molecular weight excluding hydrogens is 396 g/mol. The monoisotopic (exact) mass is 424 g/mol. The molecule has 0 N–H and O–H groups in total. The van der Waals surface area contributed by atoms with Crippen LogP contribution in [0.25, 0.3) is 0 Å². The summed E-state index contributed by atoms with van der Waals surface area (Å²) in [5, 5.41) is 10.4. The molecule has 0 aliphatic rings. The van der Waals surface area contributed by atoms with Crippen molar-refractivity contribution in [3.05, 3.63) is 72.2 Å². The fourth-order valence-corrected chi connectivity index (χ4v) is 3.17. The van der Waals surface area contributed by atoms with E-state index in [0.717, 1.165) is 17.0 Å². The first kappa shape index (κ1) is 22.1. The summed E-state index contributed by atoms with van der Waals surface area (Å²) < 4.78 is 8.72. The fraction of sp³-hybridized carbons (Fsp3) is 0.318. The zero-order valence-corrected chi connectivity index (χ0v) is 18.4. The number of ether oxygens (including phenoxy) is 1. The first-order chi connectivity index (χ1) is 14.9. The molecule has 0 unspecified atom stereocenters. The fourth-order valence-electron chi connectivity index (χ4n) is 3.17. The molecule has 0 atom stereocenters. The molecule has 0 saturated carbocycles. The quantitative estimate of drug-likeness (QED) is 0.368. The van der Waals surface area contributed by atoms with Gasteiger partial charge >= 0.3 is 0 Å². The third-order valence-electron chi connectivity index (χ3n) is 4.81. The first-order valence-electron chi connectivity index (χ1n) is 9.82. The Labute approximate surface area is 182 Å². The molecule has 0 radical (unpaired) electrons. The van der Waals surface area contributed by atoms with Crippen LogP contribution in [-0.4, -0.2) is 58.3 Å². The van der Waals surface area contributed by atoms with Gasteiger partial charge in [-0.2, -0.15) is 10.2 Å². The Morgan fingerprint density at radius 3 is 2.52 bits per heavy atom. The number of aryl methyl sites for hydroxylation is 1. The number of aromatic nitrogens is 4. The number of hydroxylamine groups is 2. The lowest BCUT2D eigenvalue weighted by atomic mass is 10.2. The second kappa shape index (κ2) is 9.94. The minimum Gasteiger partial charge on any atom is -0.497 e. The van der Waals surface area contributed by atoms with Crippen LogP contribution in [0.2, 0.25) is 0 Å². The van der Waals surface area contributed by atoms with E-state index in [9.17, 15) is 4.79 Å². The molecule has 2 aromatic heterocycles. The molecule has 3 aromatic rings. The molecule has 1 aromatic carbocycles. The van der Waals surface area contributed by atoms with Crippen LogP contribution in [0, 0.1) is 0 Å². The van der Waals surface area contributed by atoms with Crippen LogP contribution in [0.3, 0.4) is 0 Å². The Kier molecular flexibility index (Phi) is 7.09. The van der Waals surface area contributed by atoms with Crippen LogP contribution in [-0.2, 0) is 25.0 Å². The molecule has 0 spiro atoms. The van der Waals surface area contributed by atoms with Gasteiger partial charge < -0.3 is 9.64 Å². The number of hydrogen-bond acceptors (Lipinski definition) is 6. The highest BCUT2D eigenvalue weighted by molar-refractivity contribution is 5.98. The van der Waals surface area contributed by atoms with Gasteiger partial charge in [0, 0.05) is 33.0 Å². The standard InChI is InChI=1S/C22H28N6O3/c1-6-12-27(15-18-11-13-25(2)23-18)21-20(22(29)26(3)31-5)16-28(24-21)14-17-7-9-19(30-4)10-8-17/h6-11,13,16H,1,12,14-15H2,2-5H3. The summed E-state index contributed by atoms with van der Waals surface area (Å²) in [4.78, 5) is 20.1. The predicted molar refractivity (Wildman–Crippen MR) is 118 cm³/mol. The maximum absolute atomic E-state index is 13.0. The predicted octanol–water partition coefficient (Wildman–Crippen LogP) is 2.50. The Morgan fingerprint density at radius 2 is 1.94 bits per heavy atom. The summed E-state index contributed by atoms with van der Waals surface area (Å²) in [5.74, 6) is 1.05. The molecule has 2 heterocycles. The summed E-state index contributed by atoms with van der Waals surface area (Å²) in [5.41, 5.74) is 2.34. The molecule has 0 fully saturated rings. The van der Waals surface area contributed by atoms with Crippen molar-refractivity contribution in [2.24, 2.45) is 7.05 Å².